The largest absolute Gasteiger partial charge is 0.748 e. The summed E-state index contributed by atoms with van der Waals surface area (Å²) >= 11 is 18.8. The van der Waals surface area contributed by atoms with E-state index < -0.39 is 52.0 Å². The molecule has 3 aromatic heterocycles. The Morgan fingerprint density at radius 3 is 1.60 bits per heavy atom. The molecule has 0 saturated heterocycles. The number of thioether (sulfide) groups is 2. The molecule has 0 unspecified atom stereocenters. The Kier molecular flexibility index (Phi) is 27.2. The highest BCUT2D eigenvalue weighted by Crippen LogP contribution is 2.51. The molecular weight excluding hydrogens is 1420 g/mol. The van der Waals surface area contributed by atoms with Crippen molar-refractivity contribution >= 4 is 175 Å². The summed E-state index contributed by atoms with van der Waals surface area (Å²) in [5.41, 5.74) is 5.78. The van der Waals surface area contributed by atoms with Crippen LogP contribution in [-0.4, -0.2) is 114 Å². The molecule has 6 aromatic carbocycles. The van der Waals surface area contributed by atoms with Gasteiger partial charge in [-0.15, -0.1) is 0 Å². The summed E-state index contributed by atoms with van der Waals surface area (Å²) in [6.07, 6.45) is 14.7. The smallest absolute Gasteiger partial charge is 0.264 e. The number of fused-ring (bicyclic) bond motifs is 8. The van der Waals surface area contributed by atoms with Gasteiger partial charge in [0.25, 0.3) is 30.3 Å². The van der Waals surface area contributed by atoms with Gasteiger partial charge in [0.05, 0.1) is 58.6 Å². The molecule has 2 aliphatic rings. The molecule has 512 valence electrons. The summed E-state index contributed by atoms with van der Waals surface area (Å²) in [7, 11) is -10.8. The number of hydrogen-bond acceptors (Lipinski definition) is 17. The van der Waals surface area contributed by atoms with Crippen LogP contribution in [0.4, 0.5) is 11.4 Å². The second kappa shape index (κ2) is 34.3. The Hall–Kier alpha value is -5.79. The van der Waals surface area contributed by atoms with E-state index in [0.29, 0.717) is 49.1 Å². The Morgan fingerprint density at radius 1 is 0.552 bits per heavy atom. The molecular formula is C68H77Cl2N6O12S8+. The first kappa shape index (κ1) is 76.0. The Labute approximate surface area is 589 Å². The maximum Gasteiger partial charge on any atom is 0.264 e. The van der Waals surface area contributed by atoms with E-state index in [1.807, 2.05) is 127 Å². The molecule has 0 amide bonds. The Morgan fingerprint density at radius 2 is 1.03 bits per heavy atom. The van der Waals surface area contributed by atoms with E-state index in [1.54, 1.807) is 47.0 Å². The molecule has 9 aromatic rings. The van der Waals surface area contributed by atoms with Crippen molar-refractivity contribution in [1.29, 1.82) is 0 Å². The monoisotopic (exact) mass is 1500 g/mol. The Balaban J connectivity index is 0.000000211. The van der Waals surface area contributed by atoms with Gasteiger partial charge in [-0.1, -0.05) is 144 Å². The summed E-state index contributed by atoms with van der Waals surface area (Å²) in [5, 5.41) is 9.09. The molecule has 0 spiro atoms. The molecule has 0 aliphatic carbocycles. The number of thiazole rings is 2. The highest BCUT2D eigenvalue weighted by atomic mass is 35.5. The summed E-state index contributed by atoms with van der Waals surface area (Å²) in [5.74, 6) is -1.57. The van der Waals surface area contributed by atoms with Gasteiger partial charge in [-0.25, -0.2) is 21.4 Å². The van der Waals surface area contributed by atoms with Crippen LogP contribution in [0.1, 0.15) is 69.3 Å². The molecule has 0 fully saturated rings. The van der Waals surface area contributed by atoms with Gasteiger partial charge in [-0.3, -0.25) is 9.11 Å². The molecule has 2 aliphatic heterocycles. The summed E-state index contributed by atoms with van der Waals surface area (Å²) in [6, 6.07) is 41.7. The number of allylic oxidation sites excluding steroid dienone is 4. The topological polar surface area (TPSA) is 244 Å². The van der Waals surface area contributed by atoms with Crippen LogP contribution in [0.25, 0.3) is 54.1 Å². The van der Waals surface area contributed by atoms with Gasteiger partial charge in [0.1, 0.15) is 15.9 Å². The number of nitrogens with zero attached hydrogens (tertiary/aromatic N) is 6. The predicted octanol–water partition coefficient (Wildman–Crippen LogP) is 14.1. The lowest BCUT2D eigenvalue weighted by molar-refractivity contribution is -0.693. The first-order chi connectivity index (χ1) is 45.5. The van der Waals surface area contributed by atoms with Crippen molar-refractivity contribution in [1.82, 2.24) is 4.90 Å². The summed E-state index contributed by atoms with van der Waals surface area (Å²) < 4.78 is 140. The minimum Gasteiger partial charge on any atom is -0.748 e. The number of aryl methyl sites for hydroxylation is 3. The number of aromatic nitrogens is 3. The minimum atomic E-state index is -4.34. The van der Waals surface area contributed by atoms with Crippen LogP contribution in [0.2, 0.25) is 10.0 Å². The van der Waals surface area contributed by atoms with Crippen LogP contribution in [0.5, 0.6) is 0 Å². The van der Waals surface area contributed by atoms with Gasteiger partial charge in [0.15, 0.2) is 25.5 Å². The van der Waals surface area contributed by atoms with E-state index in [-0.39, 0.29) is 37.2 Å². The molecule has 5 heterocycles. The standard InChI is InChI=1S/C33H32N2O6S4.C25H26Cl2N2O6S4.C7H10N.C3H9N/c1-2-23(21-30-34(17-7-19-44(36,37)38)32-26-11-5-3-9-24(26)13-15-28(32)42-30)22-31-35(18-8-20-45(39,40)41)33-27-12-6-4-10-25(27)14-16-29(33)43-31;1-2-17(13-24-28(9-3-11-38(30,31)32)20-15-18(26)5-7-22(20)36-24)14-25-29(10-4-12-39(33,34)35)21-16-19(27)6-8-23(21)37-25;1-2-8-6-4-3-5-7-8;1-4(2)3/h3-6,9-16,21-22H,2,7-8,17-20H2,1H3,(H-,36,37,38,39,40,41);5-8,13-16H,2-4,9-12H2,1H3,(H-,30,31,32,33,34,35);3-7H,2H2,1H3;1-3H3/q;;+1;. The van der Waals surface area contributed by atoms with Crippen molar-refractivity contribution in [2.75, 3.05) is 67.0 Å². The second-order valence-electron chi connectivity index (χ2n) is 22.9. The first-order valence-corrected chi connectivity index (χ1v) is 41.2. The van der Waals surface area contributed by atoms with E-state index >= 15 is 0 Å². The normalized spacial score (nSPS) is 14.5. The van der Waals surface area contributed by atoms with Crippen LogP contribution in [-0.2, 0) is 60.1 Å². The van der Waals surface area contributed by atoms with E-state index in [4.69, 9.17) is 23.2 Å². The molecule has 0 radical (unpaired) electrons. The van der Waals surface area contributed by atoms with Gasteiger partial charge < -0.3 is 23.8 Å². The number of pyridine rings is 1. The third-order valence-corrected chi connectivity index (χ3v) is 23.0. The number of rotatable bonds is 23. The second-order valence-corrected chi connectivity index (χ2v) is 34.2. The molecule has 0 atom stereocenters. The van der Waals surface area contributed by atoms with Crippen molar-refractivity contribution in [3.8, 4) is 0 Å². The lowest BCUT2D eigenvalue weighted by Gasteiger charge is -2.22. The van der Waals surface area contributed by atoms with E-state index in [9.17, 15) is 51.9 Å². The molecule has 18 nitrogen and oxygen atoms in total. The molecule has 0 saturated carbocycles. The highest BCUT2D eigenvalue weighted by Gasteiger charge is 2.30. The highest BCUT2D eigenvalue weighted by molar-refractivity contribution is 8.04. The Bertz CT molecular complexity index is 4850. The fraction of sp³-hybridized carbons (Fsp3) is 0.309. The van der Waals surface area contributed by atoms with Crippen LogP contribution < -0.4 is 23.5 Å². The number of anilines is 2. The SMILES string of the molecule is CCC(/C=C1\Sc2ccc(Cl)cc2N1CCCS(=O)(=O)O)=C\c1sc2ccc(Cl)cc2[n+]1CCCS(=O)(=O)[O-].CCC(/C=C1\Sc2ccc3ccccc3c2N1CCCS(=O)(=O)O)=C\c1sc2ccc3ccccc3c2[n+]1CCCS(=O)(=O)[O-].CC[n+]1ccccc1.CN(C)C. The van der Waals surface area contributed by atoms with Gasteiger partial charge in [-0.05, 0) is 136 Å². The maximum atomic E-state index is 11.5. The van der Waals surface area contributed by atoms with Crippen molar-refractivity contribution in [2.45, 2.75) is 88.7 Å². The van der Waals surface area contributed by atoms with Crippen LogP contribution >= 0.6 is 69.4 Å². The zero-order valence-electron chi connectivity index (χ0n) is 53.9. The average Bonchev–Trinajstić information content (AvgIpc) is 1.61. The zero-order valence-corrected chi connectivity index (χ0v) is 61.9. The third kappa shape index (κ3) is 22.1. The van der Waals surface area contributed by atoms with Crippen molar-refractivity contribution in [3.63, 3.8) is 0 Å². The summed E-state index contributed by atoms with van der Waals surface area (Å²) in [4.78, 5) is 8.20. The van der Waals surface area contributed by atoms with Gasteiger partial charge in [0.2, 0.25) is 11.0 Å². The van der Waals surface area contributed by atoms with Gasteiger partial charge >= 0.3 is 0 Å². The zero-order chi connectivity index (χ0) is 69.5. The van der Waals surface area contributed by atoms with E-state index in [2.05, 4.69) is 94.9 Å². The van der Waals surface area contributed by atoms with Gasteiger partial charge in [-0.2, -0.15) is 26.0 Å². The number of halogens is 2. The number of hydrogen-bond donors (Lipinski definition) is 2. The van der Waals surface area contributed by atoms with Gasteiger partial charge in [0, 0.05) is 93.0 Å². The van der Waals surface area contributed by atoms with Crippen LogP contribution in [0.15, 0.2) is 183 Å². The van der Waals surface area contributed by atoms with E-state index in [1.165, 1.54) is 11.3 Å². The lowest BCUT2D eigenvalue weighted by atomic mass is 10.1. The quantitative estimate of drug-likeness (QED) is 0.0446. The minimum absolute atomic E-state index is 0.172. The number of benzene rings is 6. The molecule has 96 heavy (non-hydrogen) atoms. The predicted molar refractivity (Wildman–Crippen MR) is 393 cm³/mol. The maximum absolute atomic E-state index is 11.5. The van der Waals surface area contributed by atoms with Crippen molar-refractivity contribution in [3.05, 3.63) is 193 Å². The molecule has 11 rings (SSSR count). The molecule has 28 heteroatoms. The van der Waals surface area contributed by atoms with E-state index in [0.717, 1.165) is 101 Å². The average molecular weight is 1500 g/mol. The van der Waals surface area contributed by atoms with Crippen LogP contribution in [0.3, 0.4) is 0 Å². The third-order valence-electron chi connectivity index (χ3n) is 14.9. The molecule has 2 N–H and O–H groups in total. The molecule has 0 bridgehead atoms. The van der Waals surface area contributed by atoms with Crippen molar-refractivity contribution < 1.29 is 65.6 Å². The van der Waals surface area contributed by atoms with Crippen LogP contribution in [0, 0.1) is 0 Å². The first-order valence-electron chi connectivity index (χ1n) is 30.8. The fourth-order valence-electron chi connectivity index (χ4n) is 10.6. The fourth-order valence-corrected chi connectivity index (χ4v) is 17.5. The lowest BCUT2D eigenvalue weighted by Crippen LogP contribution is -2.36. The summed E-state index contributed by atoms with van der Waals surface area (Å²) in [6.45, 7) is 8.77. The van der Waals surface area contributed by atoms with Crippen molar-refractivity contribution in [2.24, 2.45) is 0 Å².